The van der Waals surface area contributed by atoms with Gasteiger partial charge < -0.3 is 10.5 Å². The Bertz CT molecular complexity index is 599. The molecule has 2 N–H and O–H groups in total. The summed E-state index contributed by atoms with van der Waals surface area (Å²) in [6.45, 7) is 0. The van der Waals surface area contributed by atoms with Crippen molar-refractivity contribution in [3.05, 3.63) is 53.1 Å². The first kappa shape index (κ1) is 13.9. The van der Waals surface area contributed by atoms with Crippen molar-refractivity contribution in [3.8, 4) is 5.75 Å². The summed E-state index contributed by atoms with van der Waals surface area (Å²) in [4.78, 5) is 0.746. The second kappa shape index (κ2) is 6.08. The summed E-state index contributed by atoms with van der Waals surface area (Å²) >= 11 is 5.83. The summed E-state index contributed by atoms with van der Waals surface area (Å²) in [5.74, 6) is 1.11. The van der Waals surface area contributed by atoms with Crippen molar-refractivity contribution in [1.29, 1.82) is 0 Å². The Labute approximate surface area is 119 Å². The summed E-state index contributed by atoms with van der Waals surface area (Å²) in [7, 11) is 0.457. The zero-order valence-electron chi connectivity index (χ0n) is 10.4. The third-order valence-electron chi connectivity index (χ3n) is 2.72. The number of rotatable bonds is 4. The van der Waals surface area contributed by atoms with Gasteiger partial charge in [-0.25, -0.2) is 0 Å². The van der Waals surface area contributed by atoms with Crippen LogP contribution in [0.15, 0.2) is 47.4 Å². The number of methoxy groups -OCH3 is 1. The number of hydrogen-bond acceptors (Lipinski definition) is 3. The molecule has 1 atom stereocenters. The van der Waals surface area contributed by atoms with Gasteiger partial charge in [-0.3, -0.25) is 4.21 Å². The average Bonchev–Trinajstić information content (AvgIpc) is 2.42. The lowest BCUT2D eigenvalue weighted by Crippen LogP contribution is -2.00. The predicted molar refractivity (Wildman–Crippen MR) is 79.0 cm³/mol. The number of ether oxygens (including phenoxy) is 1. The van der Waals surface area contributed by atoms with E-state index in [1.54, 1.807) is 49.6 Å². The van der Waals surface area contributed by atoms with Crippen LogP contribution in [-0.4, -0.2) is 11.3 Å². The Morgan fingerprint density at radius 2 is 1.89 bits per heavy atom. The average molecular weight is 296 g/mol. The molecule has 2 rings (SSSR count). The molecule has 1 unspecified atom stereocenters. The van der Waals surface area contributed by atoms with Gasteiger partial charge in [-0.15, -0.1) is 0 Å². The molecule has 2 aromatic rings. The molecule has 3 nitrogen and oxygen atoms in total. The molecule has 5 heteroatoms. The largest absolute Gasteiger partial charge is 0.497 e. The maximum atomic E-state index is 12.2. The quantitative estimate of drug-likeness (QED) is 0.881. The first-order valence-corrected chi connectivity index (χ1v) is 7.36. The van der Waals surface area contributed by atoms with E-state index < -0.39 is 10.8 Å². The highest BCUT2D eigenvalue weighted by atomic mass is 35.5. The van der Waals surface area contributed by atoms with E-state index in [1.807, 2.05) is 0 Å². The summed E-state index contributed by atoms with van der Waals surface area (Å²) in [5, 5.41) is 0.580. The SMILES string of the molecule is COc1ccc(S(=O)Cc2ccc(Cl)cc2N)cc1. The van der Waals surface area contributed by atoms with E-state index in [-0.39, 0.29) is 0 Å². The van der Waals surface area contributed by atoms with E-state index in [0.29, 0.717) is 16.5 Å². The Kier molecular flexibility index (Phi) is 4.45. The van der Waals surface area contributed by atoms with Gasteiger partial charge in [-0.05, 0) is 42.0 Å². The molecule has 19 heavy (non-hydrogen) atoms. The maximum absolute atomic E-state index is 12.2. The zero-order chi connectivity index (χ0) is 13.8. The van der Waals surface area contributed by atoms with Crippen LogP contribution < -0.4 is 10.5 Å². The van der Waals surface area contributed by atoms with Crippen molar-refractivity contribution >= 4 is 28.1 Å². The second-order valence-corrected chi connectivity index (χ2v) is 5.90. The summed E-state index contributed by atoms with van der Waals surface area (Å²) in [6, 6.07) is 12.4. The molecule has 0 saturated carbocycles. The summed E-state index contributed by atoms with van der Waals surface area (Å²) < 4.78 is 17.3. The van der Waals surface area contributed by atoms with E-state index in [2.05, 4.69) is 0 Å². The minimum atomic E-state index is -1.14. The molecule has 0 radical (unpaired) electrons. The summed E-state index contributed by atoms with van der Waals surface area (Å²) in [6.07, 6.45) is 0. The van der Waals surface area contributed by atoms with Crippen LogP contribution in [-0.2, 0) is 16.6 Å². The van der Waals surface area contributed by atoms with Crippen LogP contribution in [0.3, 0.4) is 0 Å². The molecule has 0 spiro atoms. The molecule has 0 aromatic heterocycles. The van der Waals surface area contributed by atoms with Gasteiger partial charge in [0.05, 0.1) is 23.7 Å². The van der Waals surface area contributed by atoms with Gasteiger partial charge in [0, 0.05) is 15.6 Å². The van der Waals surface area contributed by atoms with E-state index in [9.17, 15) is 4.21 Å². The van der Waals surface area contributed by atoms with E-state index in [0.717, 1.165) is 16.2 Å². The molecule has 0 aliphatic heterocycles. The maximum Gasteiger partial charge on any atom is 0.118 e. The van der Waals surface area contributed by atoms with Gasteiger partial charge in [0.2, 0.25) is 0 Å². The van der Waals surface area contributed by atoms with E-state index in [4.69, 9.17) is 22.1 Å². The Hall–Kier alpha value is -1.52. The third-order valence-corrected chi connectivity index (χ3v) is 4.32. The van der Waals surface area contributed by atoms with Crippen molar-refractivity contribution in [2.45, 2.75) is 10.6 Å². The molecule has 0 fully saturated rings. The van der Waals surface area contributed by atoms with Gasteiger partial charge in [0.25, 0.3) is 0 Å². The third kappa shape index (κ3) is 3.49. The monoisotopic (exact) mass is 295 g/mol. The van der Waals surface area contributed by atoms with Crippen LogP contribution in [0.5, 0.6) is 5.75 Å². The smallest absolute Gasteiger partial charge is 0.118 e. The number of nitrogens with two attached hydrogens (primary N) is 1. The molecular weight excluding hydrogens is 282 g/mol. The number of benzene rings is 2. The minimum Gasteiger partial charge on any atom is -0.497 e. The fourth-order valence-corrected chi connectivity index (χ4v) is 2.98. The van der Waals surface area contributed by atoms with Gasteiger partial charge in [-0.1, -0.05) is 17.7 Å². The number of halogens is 1. The summed E-state index contributed by atoms with van der Waals surface area (Å²) in [5.41, 5.74) is 7.25. The molecule has 0 amide bonds. The fraction of sp³-hybridized carbons (Fsp3) is 0.143. The predicted octanol–water partition coefficient (Wildman–Crippen LogP) is 3.24. The Morgan fingerprint density at radius 1 is 1.21 bits per heavy atom. The highest BCUT2D eigenvalue weighted by Crippen LogP contribution is 2.22. The minimum absolute atomic E-state index is 0.370. The topological polar surface area (TPSA) is 52.3 Å². The first-order valence-electron chi connectivity index (χ1n) is 5.66. The lowest BCUT2D eigenvalue weighted by atomic mass is 10.2. The lowest BCUT2D eigenvalue weighted by molar-refractivity contribution is 0.414. The second-order valence-electron chi connectivity index (χ2n) is 4.01. The van der Waals surface area contributed by atoms with Crippen LogP contribution in [0.4, 0.5) is 5.69 Å². The molecule has 100 valence electrons. The van der Waals surface area contributed by atoms with Crippen molar-refractivity contribution < 1.29 is 8.95 Å². The van der Waals surface area contributed by atoms with Crippen LogP contribution in [0.25, 0.3) is 0 Å². The highest BCUT2D eigenvalue weighted by Gasteiger charge is 2.08. The van der Waals surface area contributed by atoms with Gasteiger partial charge in [0.15, 0.2) is 0 Å². The van der Waals surface area contributed by atoms with E-state index in [1.165, 1.54) is 0 Å². The Balaban J connectivity index is 2.15. The molecule has 0 aliphatic carbocycles. The fourth-order valence-electron chi connectivity index (χ4n) is 1.65. The molecule has 2 aromatic carbocycles. The normalized spacial score (nSPS) is 12.1. The van der Waals surface area contributed by atoms with Crippen LogP contribution in [0.2, 0.25) is 5.02 Å². The number of anilines is 1. The van der Waals surface area contributed by atoms with Crippen molar-refractivity contribution in [3.63, 3.8) is 0 Å². The van der Waals surface area contributed by atoms with Crippen molar-refractivity contribution in [2.75, 3.05) is 12.8 Å². The molecule has 0 bridgehead atoms. The zero-order valence-corrected chi connectivity index (χ0v) is 12.0. The standard InChI is InChI=1S/C14H14ClNO2S/c1-18-12-4-6-13(7-5-12)19(17)9-10-2-3-11(15)8-14(10)16/h2-8H,9,16H2,1H3. The lowest BCUT2D eigenvalue weighted by Gasteiger charge is -2.07. The van der Waals surface area contributed by atoms with Gasteiger partial charge in [0.1, 0.15) is 5.75 Å². The first-order chi connectivity index (χ1) is 9.10. The number of nitrogen functional groups attached to an aromatic ring is 1. The molecule has 0 aliphatic rings. The molecule has 0 saturated heterocycles. The van der Waals surface area contributed by atoms with Crippen molar-refractivity contribution in [2.24, 2.45) is 0 Å². The van der Waals surface area contributed by atoms with Crippen LogP contribution in [0, 0.1) is 0 Å². The van der Waals surface area contributed by atoms with Crippen LogP contribution >= 0.6 is 11.6 Å². The molecule has 0 heterocycles. The van der Waals surface area contributed by atoms with E-state index >= 15 is 0 Å². The van der Waals surface area contributed by atoms with Gasteiger partial charge in [-0.2, -0.15) is 0 Å². The highest BCUT2D eigenvalue weighted by molar-refractivity contribution is 7.84. The molecular formula is C14H14ClNO2S. The Morgan fingerprint density at radius 3 is 2.47 bits per heavy atom. The number of hydrogen-bond donors (Lipinski definition) is 1. The van der Waals surface area contributed by atoms with Crippen molar-refractivity contribution in [1.82, 2.24) is 0 Å². The van der Waals surface area contributed by atoms with Gasteiger partial charge >= 0.3 is 0 Å². The van der Waals surface area contributed by atoms with Crippen LogP contribution in [0.1, 0.15) is 5.56 Å².